The van der Waals surface area contributed by atoms with Crippen LogP contribution in [-0.2, 0) is 9.53 Å². The predicted molar refractivity (Wildman–Crippen MR) is 137 cm³/mol. The van der Waals surface area contributed by atoms with E-state index in [2.05, 4.69) is 0 Å². The Bertz CT molecular complexity index is 1320. The standard InChI is InChI=1S/C30H24O3S/c1-20-14-16-21(17-15-20)25(31)19-24(26-13-8-18-34-26)29-27(22-9-4-2-5-10-22)28(30(32)33-29)23-11-6-3-7-12-23/h2-18,24,29H,19H2,1H3/t24-,29+/m1/s1. The SMILES string of the molecule is Cc1ccc(C(=O)C[C@H](c2cccs2)[C@@H]2OC(=O)C(c3ccccc3)=C2c2ccccc2)cc1. The molecule has 1 aliphatic rings. The predicted octanol–water partition coefficient (Wildman–Crippen LogP) is 6.95. The van der Waals surface area contributed by atoms with Crippen LogP contribution in [0.25, 0.3) is 11.1 Å². The van der Waals surface area contributed by atoms with Crippen molar-refractivity contribution >= 4 is 34.2 Å². The van der Waals surface area contributed by atoms with E-state index >= 15 is 0 Å². The maximum absolute atomic E-state index is 13.3. The van der Waals surface area contributed by atoms with Gasteiger partial charge in [0.1, 0.15) is 6.10 Å². The molecule has 0 bridgehead atoms. The quantitative estimate of drug-likeness (QED) is 0.220. The lowest BCUT2D eigenvalue weighted by Crippen LogP contribution is -2.23. The minimum Gasteiger partial charge on any atom is -0.453 e. The fourth-order valence-corrected chi connectivity index (χ4v) is 5.34. The van der Waals surface area contributed by atoms with Gasteiger partial charge in [-0.25, -0.2) is 4.79 Å². The maximum Gasteiger partial charge on any atom is 0.339 e. The Morgan fingerprint density at radius 2 is 1.50 bits per heavy atom. The first-order valence-corrected chi connectivity index (χ1v) is 12.2. The molecule has 0 spiro atoms. The molecule has 0 saturated heterocycles. The van der Waals surface area contributed by atoms with Crippen LogP contribution in [0.3, 0.4) is 0 Å². The van der Waals surface area contributed by atoms with Gasteiger partial charge in [0.15, 0.2) is 5.78 Å². The normalized spacial score (nSPS) is 16.4. The highest BCUT2D eigenvalue weighted by atomic mass is 32.1. The Morgan fingerprint density at radius 1 is 0.853 bits per heavy atom. The summed E-state index contributed by atoms with van der Waals surface area (Å²) < 4.78 is 6.08. The highest BCUT2D eigenvalue weighted by Gasteiger charge is 2.42. The zero-order chi connectivity index (χ0) is 23.5. The van der Waals surface area contributed by atoms with Gasteiger partial charge in [0.25, 0.3) is 0 Å². The van der Waals surface area contributed by atoms with Crippen LogP contribution in [0.5, 0.6) is 0 Å². The first-order valence-electron chi connectivity index (χ1n) is 11.3. The molecule has 2 atom stereocenters. The average Bonchev–Trinajstić information content (AvgIpc) is 3.52. The van der Waals surface area contributed by atoms with Crippen molar-refractivity contribution < 1.29 is 14.3 Å². The lowest BCUT2D eigenvalue weighted by molar-refractivity contribution is -0.138. The van der Waals surface area contributed by atoms with Gasteiger partial charge in [-0.2, -0.15) is 0 Å². The third-order valence-corrected chi connectivity index (χ3v) is 7.20. The number of hydrogen-bond donors (Lipinski definition) is 0. The first kappa shape index (κ1) is 22.1. The van der Waals surface area contributed by atoms with E-state index < -0.39 is 6.10 Å². The van der Waals surface area contributed by atoms with E-state index in [1.54, 1.807) is 11.3 Å². The Labute approximate surface area is 203 Å². The molecule has 0 amide bonds. The lowest BCUT2D eigenvalue weighted by Gasteiger charge is -2.24. The molecule has 1 aliphatic heterocycles. The van der Waals surface area contributed by atoms with Gasteiger partial charge in [-0.1, -0.05) is 96.6 Å². The van der Waals surface area contributed by atoms with Crippen LogP contribution >= 0.6 is 11.3 Å². The molecule has 0 aliphatic carbocycles. The topological polar surface area (TPSA) is 43.4 Å². The minimum atomic E-state index is -0.557. The Balaban J connectivity index is 1.61. The molecule has 0 fully saturated rings. The Kier molecular flexibility index (Phi) is 6.24. The number of carbonyl (C=O) groups excluding carboxylic acids is 2. The van der Waals surface area contributed by atoms with Gasteiger partial charge < -0.3 is 4.74 Å². The minimum absolute atomic E-state index is 0.0371. The fraction of sp³-hybridized carbons (Fsp3) is 0.133. The third-order valence-electron chi connectivity index (χ3n) is 6.19. The number of cyclic esters (lactones) is 1. The summed E-state index contributed by atoms with van der Waals surface area (Å²) in [5.74, 6) is -0.594. The highest BCUT2D eigenvalue weighted by Crippen LogP contribution is 2.45. The van der Waals surface area contributed by atoms with Gasteiger partial charge in [0.05, 0.1) is 5.57 Å². The highest BCUT2D eigenvalue weighted by molar-refractivity contribution is 7.10. The first-order chi connectivity index (χ1) is 16.6. The van der Waals surface area contributed by atoms with Crippen molar-refractivity contribution in [1.29, 1.82) is 0 Å². The van der Waals surface area contributed by atoms with E-state index in [0.29, 0.717) is 11.1 Å². The number of ether oxygens (including phenoxy) is 1. The fourth-order valence-electron chi connectivity index (χ4n) is 4.49. The summed E-state index contributed by atoms with van der Waals surface area (Å²) in [4.78, 5) is 27.6. The number of aryl methyl sites for hydroxylation is 1. The van der Waals surface area contributed by atoms with E-state index in [9.17, 15) is 9.59 Å². The number of carbonyl (C=O) groups is 2. The number of Topliss-reactive ketones (excluding diaryl/α,β-unsaturated/α-hetero) is 1. The van der Waals surface area contributed by atoms with Crippen molar-refractivity contribution in [2.24, 2.45) is 0 Å². The smallest absolute Gasteiger partial charge is 0.339 e. The number of ketones is 1. The molecular formula is C30H24O3S. The molecule has 4 aromatic rings. The number of benzene rings is 3. The van der Waals surface area contributed by atoms with Crippen LogP contribution in [0, 0.1) is 6.92 Å². The van der Waals surface area contributed by atoms with E-state index in [1.807, 2.05) is 109 Å². The van der Waals surface area contributed by atoms with E-state index in [-0.39, 0.29) is 24.1 Å². The van der Waals surface area contributed by atoms with E-state index in [0.717, 1.165) is 27.1 Å². The molecule has 3 aromatic carbocycles. The van der Waals surface area contributed by atoms with Crippen molar-refractivity contribution in [2.75, 3.05) is 0 Å². The molecule has 168 valence electrons. The molecule has 3 nitrogen and oxygen atoms in total. The molecule has 2 heterocycles. The van der Waals surface area contributed by atoms with Crippen LogP contribution < -0.4 is 0 Å². The molecule has 0 unspecified atom stereocenters. The zero-order valence-corrected chi connectivity index (χ0v) is 19.6. The monoisotopic (exact) mass is 464 g/mol. The van der Waals surface area contributed by atoms with Crippen molar-refractivity contribution in [3.05, 3.63) is 130 Å². The van der Waals surface area contributed by atoms with Crippen LogP contribution in [0.2, 0.25) is 0 Å². The number of rotatable bonds is 7. The molecule has 0 radical (unpaired) electrons. The van der Waals surface area contributed by atoms with Gasteiger partial charge in [0, 0.05) is 28.4 Å². The third kappa shape index (κ3) is 4.37. The van der Waals surface area contributed by atoms with E-state index in [1.165, 1.54) is 0 Å². The second-order valence-electron chi connectivity index (χ2n) is 8.46. The van der Waals surface area contributed by atoms with Crippen LogP contribution in [0.1, 0.15) is 44.3 Å². The number of esters is 1. The van der Waals surface area contributed by atoms with Gasteiger partial charge >= 0.3 is 5.97 Å². The van der Waals surface area contributed by atoms with Crippen molar-refractivity contribution in [3.8, 4) is 0 Å². The van der Waals surface area contributed by atoms with Crippen molar-refractivity contribution in [2.45, 2.75) is 25.4 Å². The van der Waals surface area contributed by atoms with Crippen molar-refractivity contribution in [3.63, 3.8) is 0 Å². The average molecular weight is 465 g/mol. The summed E-state index contributed by atoms with van der Waals surface area (Å²) >= 11 is 1.59. The van der Waals surface area contributed by atoms with Gasteiger partial charge in [-0.05, 0) is 29.5 Å². The molecule has 34 heavy (non-hydrogen) atoms. The molecule has 1 aromatic heterocycles. The summed E-state index contributed by atoms with van der Waals surface area (Å²) in [6.45, 7) is 2.00. The molecule has 0 saturated carbocycles. The van der Waals surface area contributed by atoms with Gasteiger partial charge in [-0.3, -0.25) is 4.79 Å². The Morgan fingerprint density at radius 3 is 2.12 bits per heavy atom. The molecular weight excluding hydrogens is 440 g/mol. The Hall–Kier alpha value is -3.76. The summed E-state index contributed by atoms with van der Waals surface area (Å²) in [7, 11) is 0. The summed E-state index contributed by atoms with van der Waals surface area (Å²) in [6.07, 6.45) is -0.307. The molecule has 5 rings (SSSR count). The van der Waals surface area contributed by atoms with Crippen LogP contribution in [0.15, 0.2) is 102 Å². The second-order valence-corrected chi connectivity index (χ2v) is 9.44. The summed E-state index contributed by atoms with van der Waals surface area (Å²) in [6, 6.07) is 31.1. The van der Waals surface area contributed by atoms with E-state index in [4.69, 9.17) is 4.74 Å². The summed E-state index contributed by atoms with van der Waals surface area (Å²) in [5, 5.41) is 2.00. The van der Waals surface area contributed by atoms with Crippen molar-refractivity contribution in [1.82, 2.24) is 0 Å². The second kappa shape index (κ2) is 9.62. The molecule has 0 N–H and O–H groups in total. The lowest BCUT2D eigenvalue weighted by atomic mass is 9.83. The molecule has 4 heteroatoms. The largest absolute Gasteiger partial charge is 0.453 e. The van der Waals surface area contributed by atoms with Crippen LogP contribution in [-0.4, -0.2) is 17.9 Å². The van der Waals surface area contributed by atoms with Gasteiger partial charge in [0.2, 0.25) is 0 Å². The van der Waals surface area contributed by atoms with Crippen LogP contribution in [0.4, 0.5) is 0 Å². The van der Waals surface area contributed by atoms with Gasteiger partial charge in [-0.15, -0.1) is 11.3 Å². The number of thiophene rings is 1. The zero-order valence-electron chi connectivity index (χ0n) is 18.8. The maximum atomic E-state index is 13.3. The summed E-state index contributed by atoms with van der Waals surface area (Å²) in [5.41, 5.74) is 4.95. The number of hydrogen-bond acceptors (Lipinski definition) is 4.